The van der Waals surface area contributed by atoms with Gasteiger partial charge in [0, 0.05) is 31.7 Å². The lowest BCUT2D eigenvalue weighted by Crippen LogP contribution is -2.46. The summed E-state index contributed by atoms with van der Waals surface area (Å²) in [6.45, 7) is 7.15. The normalized spacial score (nSPS) is 15.3. The Morgan fingerprint density at radius 1 is 1.18 bits per heavy atom. The number of nitrogens with two attached hydrogens (primary N) is 1. The van der Waals surface area contributed by atoms with E-state index in [2.05, 4.69) is 27.7 Å². The van der Waals surface area contributed by atoms with E-state index in [0.29, 0.717) is 18.7 Å². The number of primary amides is 1. The minimum Gasteiger partial charge on any atom is -0.497 e. The van der Waals surface area contributed by atoms with Crippen molar-refractivity contribution < 1.29 is 14.3 Å². The van der Waals surface area contributed by atoms with E-state index in [1.54, 1.807) is 19.2 Å². The summed E-state index contributed by atoms with van der Waals surface area (Å²) >= 11 is 0. The summed E-state index contributed by atoms with van der Waals surface area (Å²) in [4.78, 5) is 18.6. The summed E-state index contributed by atoms with van der Waals surface area (Å²) in [7, 11) is 1.67. The van der Waals surface area contributed by atoms with Gasteiger partial charge in [-0.2, -0.15) is 0 Å². The Hall–Kier alpha value is -2.37. The molecule has 8 nitrogen and oxygen atoms in total. The SMILES string of the molecule is CCNC(=NCc1cccc(C(N)=O)c1)NCC(c1ccc(OC)cc1)N1CCOCC1.I. The molecule has 1 aliphatic heterocycles. The first kappa shape index (κ1) is 26.9. The largest absolute Gasteiger partial charge is 0.497 e. The third-order valence-electron chi connectivity index (χ3n) is 5.43. The summed E-state index contributed by atoms with van der Waals surface area (Å²) in [5.74, 6) is 1.13. The highest BCUT2D eigenvalue weighted by atomic mass is 127. The van der Waals surface area contributed by atoms with Crippen molar-refractivity contribution in [2.75, 3.05) is 46.5 Å². The molecule has 0 bridgehead atoms. The molecule has 3 rings (SSSR count). The van der Waals surface area contributed by atoms with Crippen molar-refractivity contribution in [2.45, 2.75) is 19.5 Å². The molecule has 1 unspecified atom stereocenters. The lowest BCUT2D eigenvalue weighted by Gasteiger charge is -2.35. The van der Waals surface area contributed by atoms with Gasteiger partial charge in [-0.05, 0) is 42.3 Å². The van der Waals surface area contributed by atoms with Gasteiger partial charge in [0.05, 0.1) is 32.9 Å². The van der Waals surface area contributed by atoms with Gasteiger partial charge in [0.1, 0.15) is 5.75 Å². The van der Waals surface area contributed by atoms with E-state index in [4.69, 9.17) is 20.2 Å². The van der Waals surface area contributed by atoms with E-state index in [1.807, 2.05) is 31.2 Å². The maximum atomic E-state index is 11.4. The summed E-state index contributed by atoms with van der Waals surface area (Å²) < 4.78 is 10.9. The highest BCUT2D eigenvalue weighted by molar-refractivity contribution is 14.0. The fraction of sp³-hybridized carbons (Fsp3) is 0.417. The van der Waals surface area contributed by atoms with Crippen LogP contribution in [0.3, 0.4) is 0 Å². The number of aliphatic imine (C=N–C) groups is 1. The quantitative estimate of drug-likeness (QED) is 0.245. The summed E-state index contributed by atoms with van der Waals surface area (Å²) in [5, 5.41) is 6.79. The first-order valence-corrected chi connectivity index (χ1v) is 11.0. The molecule has 0 aromatic heterocycles. The van der Waals surface area contributed by atoms with E-state index in [0.717, 1.165) is 50.1 Å². The standard InChI is InChI=1S/C24H33N5O3.HI/c1-3-26-24(27-16-18-5-4-6-20(15-18)23(25)30)28-17-22(29-11-13-32-14-12-29)19-7-9-21(31-2)10-8-19;/h4-10,15,22H,3,11-14,16-17H2,1-2H3,(H2,25,30)(H2,26,27,28);1H. The zero-order chi connectivity index (χ0) is 22.8. The van der Waals surface area contributed by atoms with E-state index in [9.17, 15) is 4.79 Å². The van der Waals surface area contributed by atoms with Crippen molar-refractivity contribution in [1.82, 2.24) is 15.5 Å². The molecular formula is C24H34IN5O3. The Morgan fingerprint density at radius 2 is 1.91 bits per heavy atom. The zero-order valence-electron chi connectivity index (χ0n) is 19.3. The maximum absolute atomic E-state index is 11.4. The van der Waals surface area contributed by atoms with Crippen molar-refractivity contribution in [2.24, 2.45) is 10.7 Å². The van der Waals surface area contributed by atoms with Crippen LogP contribution in [0.25, 0.3) is 0 Å². The Labute approximate surface area is 212 Å². The van der Waals surface area contributed by atoms with E-state index in [1.165, 1.54) is 5.56 Å². The van der Waals surface area contributed by atoms with Crippen LogP contribution in [0.2, 0.25) is 0 Å². The molecule has 0 spiro atoms. The van der Waals surface area contributed by atoms with Crippen molar-refractivity contribution in [3.8, 4) is 5.75 Å². The molecule has 2 aromatic rings. The molecule has 0 radical (unpaired) electrons. The molecule has 4 N–H and O–H groups in total. The highest BCUT2D eigenvalue weighted by Crippen LogP contribution is 2.23. The first-order chi connectivity index (χ1) is 15.6. The van der Waals surface area contributed by atoms with Gasteiger partial charge in [0.2, 0.25) is 5.91 Å². The van der Waals surface area contributed by atoms with Gasteiger partial charge in [-0.3, -0.25) is 9.69 Å². The van der Waals surface area contributed by atoms with Gasteiger partial charge in [-0.1, -0.05) is 24.3 Å². The number of halogens is 1. The number of amides is 1. The van der Waals surface area contributed by atoms with Crippen LogP contribution in [0.4, 0.5) is 0 Å². The molecule has 1 aliphatic rings. The van der Waals surface area contributed by atoms with Crippen molar-refractivity contribution in [1.29, 1.82) is 0 Å². The third-order valence-corrected chi connectivity index (χ3v) is 5.43. The number of benzene rings is 2. The van der Waals surface area contributed by atoms with Crippen LogP contribution in [-0.2, 0) is 11.3 Å². The molecule has 0 aliphatic carbocycles. The molecule has 1 heterocycles. The second-order valence-electron chi connectivity index (χ2n) is 7.58. The van der Waals surface area contributed by atoms with Crippen molar-refractivity contribution in [3.05, 3.63) is 65.2 Å². The fourth-order valence-electron chi connectivity index (χ4n) is 3.70. The topological polar surface area (TPSA) is 101 Å². The minimum atomic E-state index is -0.436. The number of guanidine groups is 1. The number of hydrogen-bond donors (Lipinski definition) is 3. The molecule has 1 atom stereocenters. The smallest absolute Gasteiger partial charge is 0.248 e. The van der Waals surface area contributed by atoms with Gasteiger partial charge in [-0.25, -0.2) is 4.99 Å². The average Bonchev–Trinajstić information content (AvgIpc) is 2.83. The lowest BCUT2D eigenvalue weighted by atomic mass is 10.0. The average molecular weight is 567 g/mol. The van der Waals surface area contributed by atoms with E-state index in [-0.39, 0.29) is 30.0 Å². The number of morpholine rings is 1. The van der Waals surface area contributed by atoms with Gasteiger partial charge in [0.15, 0.2) is 5.96 Å². The monoisotopic (exact) mass is 567 g/mol. The Morgan fingerprint density at radius 3 is 2.55 bits per heavy atom. The number of rotatable bonds is 9. The summed E-state index contributed by atoms with van der Waals surface area (Å²) in [6, 6.07) is 15.6. The van der Waals surface area contributed by atoms with Crippen LogP contribution in [0.5, 0.6) is 5.75 Å². The van der Waals surface area contributed by atoms with Crippen molar-refractivity contribution >= 4 is 35.8 Å². The Bertz CT molecular complexity index is 901. The van der Waals surface area contributed by atoms with E-state index >= 15 is 0 Å². The highest BCUT2D eigenvalue weighted by Gasteiger charge is 2.23. The second-order valence-corrected chi connectivity index (χ2v) is 7.58. The molecule has 0 saturated carbocycles. The number of carbonyl (C=O) groups excluding carboxylic acids is 1. The molecule has 33 heavy (non-hydrogen) atoms. The third kappa shape index (κ3) is 8.17. The molecule has 9 heteroatoms. The van der Waals surface area contributed by atoms with Gasteiger partial charge in [-0.15, -0.1) is 24.0 Å². The number of hydrogen-bond acceptors (Lipinski definition) is 5. The van der Waals surface area contributed by atoms with Gasteiger partial charge < -0.3 is 25.8 Å². The van der Waals surface area contributed by atoms with Crippen LogP contribution in [0.15, 0.2) is 53.5 Å². The number of methoxy groups -OCH3 is 1. The molecule has 180 valence electrons. The zero-order valence-corrected chi connectivity index (χ0v) is 21.6. The van der Waals surface area contributed by atoms with Crippen LogP contribution in [0.1, 0.15) is 34.5 Å². The summed E-state index contributed by atoms with van der Waals surface area (Å²) in [6.07, 6.45) is 0. The molecule has 1 fully saturated rings. The fourth-order valence-corrected chi connectivity index (χ4v) is 3.70. The first-order valence-electron chi connectivity index (χ1n) is 11.0. The molecule has 2 aromatic carbocycles. The van der Waals surface area contributed by atoms with Crippen LogP contribution >= 0.6 is 24.0 Å². The molecular weight excluding hydrogens is 533 g/mol. The van der Waals surface area contributed by atoms with Gasteiger partial charge in [0.25, 0.3) is 0 Å². The second kappa shape index (κ2) is 14.0. The van der Waals surface area contributed by atoms with Crippen molar-refractivity contribution in [3.63, 3.8) is 0 Å². The number of carbonyl (C=O) groups is 1. The minimum absolute atomic E-state index is 0. The Kier molecular flexibility index (Phi) is 11.4. The predicted octanol–water partition coefficient (Wildman–Crippen LogP) is 2.54. The Balaban J connectivity index is 0.00000385. The number of nitrogens with zero attached hydrogens (tertiary/aromatic N) is 2. The molecule has 1 amide bonds. The predicted molar refractivity (Wildman–Crippen MR) is 141 cm³/mol. The van der Waals surface area contributed by atoms with Crippen LogP contribution in [-0.4, -0.2) is 63.3 Å². The molecule has 1 saturated heterocycles. The summed E-state index contributed by atoms with van der Waals surface area (Å²) in [5.41, 5.74) is 8.02. The number of ether oxygens (including phenoxy) is 2. The lowest BCUT2D eigenvalue weighted by molar-refractivity contribution is 0.0170. The van der Waals surface area contributed by atoms with Gasteiger partial charge >= 0.3 is 0 Å². The van der Waals surface area contributed by atoms with E-state index < -0.39 is 5.91 Å². The van der Waals surface area contributed by atoms with Crippen LogP contribution in [0, 0.1) is 0 Å². The number of nitrogens with one attached hydrogen (secondary N) is 2. The maximum Gasteiger partial charge on any atom is 0.248 e. The van der Waals surface area contributed by atoms with Crippen LogP contribution < -0.4 is 21.1 Å².